The lowest BCUT2D eigenvalue weighted by Gasteiger charge is -2.22. The Morgan fingerprint density at radius 1 is 0.806 bits per heavy atom. The van der Waals surface area contributed by atoms with Crippen molar-refractivity contribution in [2.24, 2.45) is 4.99 Å². The van der Waals surface area contributed by atoms with E-state index in [4.69, 9.17) is 15.0 Å². The third kappa shape index (κ3) is 3.96. The first kappa shape index (κ1) is 23.2. The minimum Gasteiger partial charge on any atom is -0.387 e. The predicted molar refractivity (Wildman–Crippen MR) is 149 cm³/mol. The first-order chi connectivity index (χ1) is 17.3. The molecule has 4 aromatic rings. The number of aromatic nitrogens is 3. The summed E-state index contributed by atoms with van der Waals surface area (Å²) in [6.07, 6.45) is 0. The summed E-state index contributed by atoms with van der Waals surface area (Å²) in [7, 11) is 11.7. The van der Waals surface area contributed by atoms with Gasteiger partial charge in [-0.2, -0.15) is 9.98 Å². The molecule has 10 nitrogen and oxygen atoms in total. The molecule has 0 unspecified atom stereocenters. The lowest BCUT2D eigenvalue weighted by molar-refractivity contribution is 0.992. The molecule has 3 heterocycles. The van der Waals surface area contributed by atoms with Crippen LogP contribution in [0.5, 0.6) is 0 Å². The molecular weight excluding hydrogens is 454 g/mol. The summed E-state index contributed by atoms with van der Waals surface area (Å²) >= 11 is 0. The van der Waals surface area contributed by atoms with E-state index in [2.05, 4.69) is 22.0 Å². The lowest BCUT2D eigenvalue weighted by Crippen LogP contribution is -2.24. The van der Waals surface area contributed by atoms with E-state index in [1.807, 2.05) is 82.4 Å². The number of amidine groups is 1. The third-order valence-electron chi connectivity index (χ3n) is 6.18. The summed E-state index contributed by atoms with van der Waals surface area (Å²) in [5, 5.41) is 9.80. The number of nitrogens with zero attached hydrogens (tertiary/aromatic N) is 6. The van der Waals surface area contributed by atoms with Gasteiger partial charge >= 0.3 is 0 Å². The van der Waals surface area contributed by atoms with Crippen LogP contribution in [0.4, 0.5) is 34.5 Å². The van der Waals surface area contributed by atoms with Crippen molar-refractivity contribution in [1.29, 1.82) is 0 Å². The Morgan fingerprint density at radius 2 is 1.42 bits per heavy atom. The van der Waals surface area contributed by atoms with Crippen LogP contribution < -0.4 is 31.2 Å². The maximum atomic E-state index is 12.6. The highest BCUT2D eigenvalue weighted by Crippen LogP contribution is 2.33. The first-order valence-electron chi connectivity index (χ1n) is 11.6. The van der Waals surface area contributed by atoms with E-state index in [1.165, 1.54) is 12.1 Å². The molecular formula is C26H29N9O. The second-order valence-corrected chi connectivity index (χ2v) is 8.95. The maximum Gasteiger partial charge on any atom is 0.241 e. The van der Waals surface area contributed by atoms with E-state index < -0.39 is 0 Å². The van der Waals surface area contributed by atoms with Crippen LogP contribution in [0.15, 0.2) is 58.3 Å². The van der Waals surface area contributed by atoms with Crippen LogP contribution in [0.2, 0.25) is 0 Å². The Hall–Kier alpha value is -4.60. The molecule has 1 aliphatic rings. The summed E-state index contributed by atoms with van der Waals surface area (Å²) in [5.74, 6) is 2.09. The molecule has 0 bridgehead atoms. The van der Waals surface area contributed by atoms with Crippen molar-refractivity contribution in [3.63, 3.8) is 0 Å². The van der Waals surface area contributed by atoms with Gasteiger partial charge in [0.25, 0.3) is 0 Å². The normalized spacial score (nSPS) is 12.1. The average molecular weight is 484 g/mol. The quantitative estimate of drug-likeness (QED) is 0.383. The van der Waals surface area contributed by atoms with Crippen LogP contribution in [-0.2, 0) is 0 Å². The van der Waals surface area contributed by atoms with Gasteiger partial charge in [0, 0.05) is 88.3 Å². The van der Waals surface area contributed by atoms with Gasteiger partial charge in [0.1, 0.15) is 17.3 Å². The van der Waals surface area contributed by atoms with Crippen molar-refractivity contribution in [3.05, 3.63) is 64.3 Å². The van der Waals surface area contributed by atoms with Crippen molar-refractivity contribution in [3.8, 4) is 11.4 Å². The van der Waals surface area contributed by atoms with E-state index in [0.717, 1.165) is 33.9 Å². The van der Waals surface area contributed by atoms with Gasteiger partial charge in [0.2, 0.25) is 5.95 Å². The summed E-state index contributed by atoms with van der Waals surface area (Å²) < 4.78 is 1.76. The zero-order chi connectivity index (χ0) is 25.6. The van der Waals surface area contributed by atoms with Gasteiger partial charge < -0.3 is 25.8 Å². The summed E-state index contributed by atoms with van der Waals surface area (Å²) in [5.41, 5.74) is 5.91. The fourth-order valence-electron chi connectivity index (χ4n) is 4.23. The van der Waals surface area contributed by atoms with E-state index in [9.17, 15) is 4.79 Å². The van der Waals surface area contributed by atoms with E-state index in [1.54, 1.807) is 4.40 Å². The van der Waals surface area contributed by atoms with Crippen LogP contribution in [0.1, 0.15) is 5.56 Å². The Morgan fingerprint density at radius 3 is 2.03 bits per heavy atom. The second-order valence-electron chi connectivity index (χ2n) is 8.95. The topological polar surface area (TPSA) is 102 Å². The fraction of sp³-hybridized carbons (Fsp3) is 0.231. The number of hydrogen-bond donors (Lipinski definition) is 3. The minimum atomic E-state index is -0.150. The van der Waals surface area contributed by atoms with E-state index >= 15 is 0 Å². The van der Waals surface area contributed by atoms with Crippen LogP contribution in [0.25, 0.3) is 17.0 Å². The zero-order valence-electron chi connectivity index (χ0n) is 21.2. The maximum absolute atomic E-state index is 12.6. The van der Waals surface area contributed by atoms with Gasteiger partial charge in [-0.15, -0.1) is 0 Å². The highest BCUT2D eigenvalue weighted by molar-refractivity contribution is 6.13. The van der Waals surface area contributed by atoms with E-state index in [0.29, 0.717) is 29.1 Å². The lowest BCUT2D eigenvalue weighted by atomic mass is 10.1. The molecule has 0 radical (unpaired) electrons. The molecule has 2 aromatic heterocycles. The Kier molecular flexibility index (Phi) is 5.71. The fourth-order valence-corrected chi connectivity index (χ4v) is 4.23. The highest BCUT2D eigenvalue weighted by atomic mass is 16.1. The zero-order valence-corrected chi connectivity index (χ0v) is 21.2. The van der Waals surface area contributed by atoms with Crippen LogP contribution >= 0.6 is 0 Å². The smallest absolute Gasteiger partial charge is 0.241 e. The molecule has 0 aliphatic carbocycles. The number of aliphatic imine (C=N–C) groups is 1. The summed E-state index contributed by atoms with van der Waals surface area (Å²) in [6.45, 7) is 0. The molecule has 184 valence electrons. The van der Waals surface area contributed by atoms with Gasteiger partial charge in [0.05, 0.1) is 0 Å². The van der Waals surface area contributed by atoms with Crippen molar-refractivity contribution < 1.29 is 0 Å². The number of hydrogen-bond acceptors (Lipinski definition) is 9. The Balaban J connectivity index is 1.71. The molecule has 0 spiro atoms. The first-order valence-corrected chi connectivity index (χ1v) is 11.6. The van der Waals surface area contributed by atoms with Gasteiger partial charge in [0.15, 0.2) is 11.3 Å². The highest BCUT2D eigenvalue weighted by Gasteiger charge is 2.22. The molecule has 0 amide bonds. The molecule has 3 N–H and O–H groups in total. The number of nitrogens with one attached hydrogen (secondary N) is 3. The summed E-state index contributed by atoms with van der Waals surface area (Å²) in [6, 6.07) is 15.1. The number of anilines is 5. The molecule has 0 saturated heterocycles. The van der Waals surface area contributed by atoms with Gasteiger partial charge in [-0.25, -0.2) is 9.38 Å². The second kappa shape index (κ2) is 8.88. The molecule has 36 heavy (non-hydrogen) atoms. The molecule has 5 rings (SSSR count). The SMILES string of the molecule is CNc1cc(N(C)C)ccc1C1=Nc2nc(-c3ccc(N(C)C)cc3NC)nc3cc(=O)cc(n23)N1. The standard InChI is InChI=1S/C26H29N9O/c1-27-20-11-15(33(3)4)7-9-18(20)24-29-22-13-17(36)14-23-30-25(32-26(31-24)35(22)23)19-10-8-16(34(5)6)12-21(19)28-2/h7-14,27-28H,1-6H3,(H,29,30,31,32). The molecule has 0 saturated carbocycles. The van der Waals surface area contributed by atoms with Gasteiger partial charge in [-0.1, -0.05) is 0 Å². The average Bonchev–Trinajstić information content (AvgIpc) is 2.87. The van der Waals surface area contributed by atoms with Crippen molar-refractivity contribution in [2.75, 3.05) is 68.0 Å². The van der Waals surface area contributed by atoms with Crippen molar-refractivity contribution in [1.82, 2.24) is 14.4 Å². The molecule has 1 aliphatic heterocycles. The number of benzene rings is 2. The number of pyridine rings is 1. The Bertz CT molecular complexity index is 1570. The minimum absolute atomic E-state index is 0.150. The molecule has 0 atom stereocenters. The molecule has 0 fully saturated rings. The van der Waals surface area contributed by atoms with Gasteiger partial charge in [-0.05, 0) is 36.4 Å². The van der Waals surface area contributed by atoms with Crippen LogP contribution in [0.3, 0.4) is 0 Å². The largest absolute Gasteiger partial charge is 0.387 e. The van der Waals surface area contributed by atoms with Crippen molar-refractivity contribution in [2.45, 2.75) is 0 Å². The van der Waals surface area contributed by atoms with E-state index in [-0.39, 0.29) is 5.43 Å². The Labute approximate surface area is 209 Å². The van der Waals surface area contributed by atoms with Crippen LogP contribution in [0, 0.1) is 0 Å². The van der Waals surface area contributed by atoms with Gasteiger partial charge in [-0.3, -0.25) is 4.79 Å². The predicted octanol–water partition coefficient (Wildman–Crippen LogP) is 3.48. The van der Waals surface area contributed by atoms with Crippen molar-refractivity contribution >= 4 is 46.0 Å². The molecule has 2 aromatic carbocycles. The monoisotopic (exact) mass is 483 g/mol. The van der Waals surface area contributed by atoms with Crippen LogP contribution in [-0.4, -0.2) is 62.5 Å². The third-order valence-corrected chi connectivity index (χ3v) is 6.18. The summed E-state index contributed by atoms with van der Waals surface area (Å²) in [4.78, 5) is 31.1. The number of rotatable bonds is 6. The molecule has 10 heteroatoms.